The molecule has 4 heteroatoms. The van der Waals surface area contributed by atoms with E-state index >= 15 is 0 Å². The Labute approximate surface area is 87.8 Å². The van der Waals surface area contributed by atoms with Gasteiger partial charge in [-0.2, -0.15) is 0 Å². The Morgan fingerprint density at radius 2 is 1.93 bits per heavy atom. The van der Waals surface area contributed by atoms with Crippen LogP contribution in [0.25, 0.3) is 0 Å². The standard InChI is InChI=1S/C11H12O4/c1-7-3-4-8(11(12)13-2)10-9(7)14-5-6-15-10/h3-4H,5-6H2,1-2H3. The van der Waals surface area contributed by atoms with Gasteiger partial charge in [-0.25, -0.2) is 4.79 Å². The van der Waals surface area contributed by atoms with E-state index in [0.717, 1.165) is 5.56 Å². The predicted octanol–water partition coefficient (Wildman–Crippen LogP) is 1.55. The number of ether oxygens (including phenoxy) is 3. The van der Waals surface area contributed by atoms with Crippen LogP contribution < -0.4 is 9.47 Å². The maximum Gasteiger partial charge on any atom is 0.341 e. The first-order valence-corrected chi connectivity index (χ1v) is 4.71. The molecule has 0 bridgehead atoms. The highest BCUT2D eigenvalue weighted by molar-refractivity contribution is 5.93. The molecule has 0 spiro atoms. The van der Waals surface area contributed by atoms with Gasteiger partial charge in [0.05, 0.1) is 7.11 Å². The molecule has 80 valence electrons. The quantitative estimate of drug-likeness (QED) is 0.657. The summed E-state index contributed by atoms with van der Waals surface area (Å²) in [6.07, 6.45) is 0. The molecule has 0 amide bonds. The second kappa shape index (κ2) is 3.81. The zero-order chi connectivity index (χ0) is 10.8. The summed E-state index contributed by atoms with van der Waals surface area (Å²) < 4.78 is 15.6. The van der Waals surface area contributed by atoms with Gasteiger partial charge in [0.25, 0.3) is 0 Å². The molecule has 0 N–H and O–H groups in total. The lowest BCUT2D eigenvalue weighted by molar-refractivity contribution is 0.0590. The number of hydrogen-bond donors (Lipinski definition) is 0. The highest BCUT2D eigenvalue weighted by Gasteiger charge is 2.22. The molecule has 1 aromatic carbocycles. The molecule has 0 unspecified atom stereocenters. The molecule has 4 nitrogen and oxygen atoms in total. The maximum absolute atomic E-state index is 11.4. The second-order valence-corrected chi connectivity index (χ2v) is 3.28. The SMILES string of the molecule is COC(=O)c1ccc(C)c2c1OCCO2. The summed E-state index contributed by atoms with van der Waals surface area (Å²) in [6, 6.07) is 3.51. The van der Waals surface area contributed by atoms with E-state index in [-0.39, 0.29) is 0 Å². The number of methoxy groups -OCH3 is 1. The van der Waals surface area contributed by atoms with Crippen molar-refractivity contribution in [2.75, 3.05) is 20.3 Å². The van der Waals surface area contributed by atoms with Crippen LogP contribution in [0.15, 0.2) is 12.1 Å². The molecule has 0 saturated heterocycles. The minimum atomic E-state index is -0.406. The zero-order valence-corrected chi connectivity index (χ0v) is 8.70. The largest absolute Gasteiger partial charge is 0.486 e. The lowest BCUT2D eigenvalue weighted by Crippen LogP contribution is -2.19. The summed E-state index contributed by atoms with van der Waals surface area (Å²) in [4.78, 5) is 11.4. The van der Waals surface area contributed by atoms with E-state index in [2.05, 4.69) is 4.74 Å². The number of carbonyl (C=O) groups is 1. The Balaban J connectivity index is 2.52. The van der Waals surface area contributed by atoms with Gasteiger partial charge in [0.1, 0.15) is 18.8 Å². The van der Waals surface area contributed by atoms with Gasteiger partial charge >= 0.3 is 5.97 Å². The predicted molar refractivity (Wildman–Crippen MR) is 53.5 cm³/mol. The minimum Gasteiger partial charge on any atom is -0.486 e. The molecular weight excluding hydrogens is 196 g/mol. The van der Waals surface area contributed by atoms with E-state index in [0.29, 0.717) is 30.3 Å². The van der Waals surface area contributed by atoms with E-state index in [4.69, 9.17) is 9.47 Å². The van der Waals surface area contributed by atoms with Gasteiger partial charge in [-0.15, -0.1) is 0 Å². The highest BCUT2D eigenvalue weighted by Crippen LogP contribution is 2.37. The molecule has 0 aromatic heterocycles. The molecule has 1 aliphatic rings. The van der Waals surface area contributed by atoms with Crippen LogP contribution in [0.5, 0.6) is 11.5 Å². The number of benzene rings is 1. The first-order valence-electron chi connectivity index (χ1n) is 4.71. The van der Waals surface area contributed by atoms with Crippen molar-refractivity contribution in [3.8, 4) is 11.5 Å². The summed E-state index contributed by atoms with van der Waals surface area (Å²) in [6.45, 7) is 2.88. The first-order chi connectivity index (χ1) is 7.24. The Morgan fingerprint density at radius 1 is 1.27 bits per heavy atom. The average molecular weight is 208 g/mol. The van der Waals surface area contributed by atoms with Crippen LogP contribution in [-0.2, 0) is 4.74 Å². The van der Waals surface area contributed by atoms with Crippen LogP contribution >= 0.6 is 0 Å². The van der Waals surface area contributed by atoms with Crippen LogP contribution in [0.3, 0.4) is 0 Å². The highest BCUT2D eigenvalue weighted by atomic mass is 16.6. The number of carbonyl (C=O) groups excluding carboxylic acids is 1. The van der Waals surface area contributed by atoms with E-state index < -0.39 is 5.97 Å². The van der Waals surface area contributed by atoms with Gasteiger partial charge in [0.2, 0.25) is 0 Å². The number of hydrogen-bond acceptors (Lipinski definition) is 4. The average Bonchev–Trinajstić information content (AvgIpc) is 2.29. The first kappa shape index (κ1) is 9.83. The summed E-state index contributed by atoms with van der Waals surface area (Å²) >= 11 is 0. The van der Waals surface area contributed by atoms with Gasteiger partial charge in [-0.1, -0.05) is 6.07 Å². The minimum absolute atomic E-state index is 0.406. The summed E-state index contributed by atoms with van der Waals surface area (Å²) in [7, 11) is 1.35. The molecule has 0 aliphatic carbocycles. The number of fused-ring (bicyclic) bond motifs is 1. The Morgan fingerprint density at radius 3 is 2.60 bits per heavy atom. The second-order valence-electron chi connectivity index (χ2n) is 3.28. The third-order valence-electron chi connectivity index (χ3n) is 2.29. The van der Waals surface area contributed by atoms with Gasteiger partial charge in [0, 0.05) is 0 Å². The van der Waals surface area contributed by atoms with E-state index in [1.54, 1.807) is 6.07 Å². The van der Waals surface area contributed by atoms with Gasteiger partial charge in [-0.3, -0.25) is 0 Å². The molecule has 1 aromatic rings. The molecule has 0 radical (unpaired) electrons. The zero-order valence-electron chi connectivity index (χ0n) is 8.70. The molecule has 0 fully saturated rings. The van der Waals surface area contributed by atoms with Gasteiger partial charge < -0.3 is 14.2 Å². The monoisotopic (exact) mass is 208 g/mol. The fourth-order valence-corrected chi connectivity index (χ4v) is 1.54. The van der Waals surface area contributed by atoms with Crippen molar-refractivity contribution in [2.24, 2.45) is 0 Å². The molecule has 1 heterocycles. The molecule has 0 atom stereocenters. The van der Waals surface area contributed by atoms with Gasteiger partial charge in [0.15, 0.2) is 11.5 Å². The van der Waals surface area contributed by atoms with Gasteiger partial charge in [-0.05, 0) is 18.6 Å². The van der Waals surface area contributed by atoms with Crippen LogP contribution in [-0.4, -0.2) is 26.3 Å². The number of rotatable bonds is 1. The third kappa shape index (κ3) is 1.63. The molecule has 2 rings (SSSR count). The van der Waals surface area contributed by atoms with E-state index in [1.807, 2.05) is 13.0 Å². The van der Waals surface area contributed by atoms with E-state index in [1.165, 1.54) is 7.11 Å². The van der Waals surface area contributed by atoms with Crippen molar-refractivity contribution in [3.05, 3.63) is 23.3 Å². The Bertz CT molecular complexity index is 398. The Kier molecular flexibility index (Phi) is 2.49. The fraction of sp³-hybridized carbons (Fsp3) is 0.364. The summed E-state index contributed by atoms with van der Waals surface area (Å²) in [5.41, 5.74) is 1.37. The molecule has 1 aliphatic heterocycles. The van der Waals surface area contributed by atoms with Crippen LogP contribution in [0.1, 0.15) is 15.9 Å². The number of esters is 1. The van der Waals surface area contributed by atoms with Crippen molar-refractivity contribution in [1.82, 2.24) is 0 Å². The van der Waals surface area contributed by atoms with Crippen molar-refractivity contribution >= 4 is 5.97 Å². The number of aryl methyl sites for hydroxylation is 1. The molecule has 0 saturated carbocycles. The van der Waals surface area contributed by atoms with E-state index in [9.17, 15) is 4.79 Å². The van der Waals surface area contributed by atoms with Crippen molar-refractivity contribution < 1.29 is 19.0 Å². The molecule has 15 heavy (non-hydrogen) atoms. The maximum atomic E-state index is 11.4. The normalized spacial score (nSPS) is 13.5. The molecular formula is C11H12O4. The van der Waals surface area contributed by atoms with Crippen LogP contribution in [0.2, 0.25) is 0 Å². The van der Waals surface area contributed by atoms with Crippen molar-refractivity contribution in [2.45, 2.75) is 6.92 Å². The summed E-state index contributed by atoms with van der Waals surface area (Å²) in [5, 5.41) is 0. The fourth-order valence-electron chi connectivity index (χ4n) is 1.54. The summed E-state index contributed by atoms with van der Waals surface area (Å²) in [5.74, 6) is 0.731. The smallest absolute Gasteiger partial charge is 0.341 e. The van der Waals surface area contributed by atoms with Crippen LogP contribution in [0.4, 0.5) is 0 Å². The van der Waals surface area contributed by atoms with Crippen molar-refractivity contribution in [3.63, 3.8) is 0 Å². The topological polar surface area (TPSA) is 44.8 Å². The van der Waals surface area contributed by atoms with Crippen LogP contribution in [0, 0.1) is 6.92 Å². The lowest BCUT2D eigenvalue weighted by atomic mass is 10.1. The van der Waals surface area contributed by atoms with Crippen molar-refractivity contribution in [1.29, 1.82) is 0 Å². The Hall–Kier alpha value is -1.71. The third-order valence-corrected chi connectivity index (χ3v) is 2.29. The lowest BCUT2D eigenvalue weighted by Gasteiger charge is -2.21.